The van der Waals surface area contributed by atoms with E-state index in [0.717, 1.165) is 5.56 Å². The summed E-state index contributed by atoms with van der Waals surface area (Å²) < 4.78 is 31.6. The molecule has 0 saturated carbocycles. The van der Waals surface area contributed by atoms with E-state index in [4.69, 9.17) is 9.94 Å². The first-order chi connectivity index (χ1) is 11.5. The molecule has 0 atom stereocenters. The highest BCUT2D eigenvalue weighted by Gasteiger charge is 2.22. The van der Waals surface area contributed by atoms with Gasteiger partial charge in [-0.25, -0.2) is 10.2 Å². The van der Waals surface area contributed by atoms with Gasteiger partial charge in [-0.2, -0.15) is 12.7 Å². The predicted octanol–water partition coefficient (Wildman–Crippen LogP) is 0.298. The number of amides is 1. The lowest BCUT2D eigenvalue weighted by Gasteiger charge is -2.25. The molecule has 1 saturated heterocycles. The second-order valence-electron chi connectivity index (χ2n) is 5.03. The van der Waals surface area contributed by atoms with E-state index in [0.29, 0.717) is 45.7 Å². The zero-order chi connectivity index (χ0) is 17.8. The number of nitrogens with one attached hydrogen (secondary N) is 2. The summed E-state index contributed by atoms with van der Waals surface area (Å²) in [4.78, 5) is 10.6. The minimum Gasteiger partial charge on any atom is -0.379 e. The number of aryl methyl sites for hydroxylation is 1. The fourth-order valence-corrected chi connectivity index (χ4v) is 3.20. The molecule has 1 aromatic carbocycles. The van der Waals surface area contributed by atoms with Gasteiger partial charge in [0.2, 0.25) is 5.91 Å². The Labute approximate surface area is 142 Å². The lowest BCUT2D eigenvalue weighted by molar-refractivity contribution is -0.129. The first-order valence-electron chi connectivity index (χ1n) is 7.79. The molecule has 8 nitrogen and oxygen atoms in total. The monoisotopic (exact) mass is 359 g/mol. The van der Waals surface area contributed by atoms with E-state index in [1.54, 1.807) is 12.4 Å². The lowest BCUT2D eigenvalue weighted by atomic mass is 10.1. The molecule has 2 rings (SSSR count). The fraction of sp³-hybridized carbons (Fsp3) is 0.533. The van der Waals surface area contributed by atoms with E-state index >= 15 is 0 Å². The average molecular weight is 359 g/mol. The van der Waals surface area contributed by atoms with Gasteiger partial charge in [0.1, 0.15) is 0 Å². The molecular formula is C15H25N3O5S. The van der Waals surface area contributed by atoms with Crippen LogP contribution < -0.4 is 10.2 Å². The maximum Gasteiger partial charge on any atom is 0.279 e. The van der Waals surface area contributed by atoms with Gasteiger partial charge in [0.15, 0.2) is 0 Å². The van der Waals surface area contributed by atoms with Crippen molar-refractivity contribution >= 4 is 16.1 Å². The van der Waals surface area contributed by atoms with Gasteiger partial charge in [0.25, 0.3) is 10.2 Å². The largest absolute Gasteiger partial charge is 0.379 e. The summed E-state index contributed by atoms with van der Waals surface area (Å²) in [5.74, 6) is -0.348. The number of benzene rings is 1. The molecular weight excluding hydrogens is 334 g/mol. The molecule has 0 bridgehead atoms. The average Bonchev–Trinajstić information content (AvgIpc) is 2.62. The van der Waals surface area contributed by atoms with Crippen molar-refractivity contribution in [3.8, 4) is 0 Å². The number of rotatable bonds is 6. The second-order valence-corrected chi connectivity index (χ2v) is 6.79. The molecule has 1 aliphatic rings. The van der Waals surface area contributed by atoms with Crippen LogP contribution in [-0.2, 0) is 26.2 Å². The Hall–Kier alpha value is -1.52. The zero-order valence-electron chi connectivity index (χ0n) is 13.8. The molecule has 24 heavy (non-hydrogen) atoms. The summed E-state index contributed by atoms with van der Waals surface area (Å²) in [5.41, 5.74) is 2.69. The van der Waals surface area contributed by atoms with Crippen LogP contribution in [0.4, 0.5) is 0 Å². The minimum atomic E-state index is -3.23. The first kappa shape index (κ1) is 20.5. The highest BCUT2D eigenvalue weighted by Crippen LogP contribution is 2.02. The summed E-state index contributed by atoms with van der Waals surface area (Å²) in [7, 11) is -3.23. The van der Waals surface area contributed by atoms with Crippen molar-refractivity contribution < 1.29 is 23.2 Å². The van der Waals surface area contributed by atoms with Crippen LogP contribution in [0.25, 0.3) is 0 Å². The maximum atomic E-state index is 11.3. The molecule has 1 amide bonds. The summed E-state index contributed by atoms with van der Waals surface area (Å²) >= 11 is 0. The van der Waals surface area contributed by atoms with E-state index in [1.165, 1.54) is 4.31 Å². The second kappa shape index (κ2) is 11.1. The van der Waals surface area contributed by atoms with Crippen LogP contribution in [0.3, 0.4) is 0 Å². The lowest BCUT2D eigenvalue weighted by Crippen LogP contribution is -2.46. The highest BCUT2D eigenvalue weighted by molar-refractivity contribution is 7.87. The van der Waals surface area contributed by atoms with Gasteiger partial charge in [-0.15, -0.1) is 0 Å². The van der Waals surface area contributed by atoms with Gasteiger partial charge in [0.05, 0.1) is 13.2 Å². The van der Waals surface area contributed by atoms with E-state index in [1.807, 2.05) is 30.3 Å². The topological polar surface area (TPSA) is 108 Å². The Balaban J connectivity index is 0.000000240. The number of carbonyl (C=O) groups is 1. The summed E-state index contributed by atoms with van der Waals surface area (Å²) in [5, 5.41) is 8.21. The first-order valence-corrected chi connectivity index (χ1v) is 9.23. The predicted molar refractivity (Wildman–Crippen MR) is 89.7 cm³/mol. The Bertz CT molecular complexity index is 574. The molecule has 0 spiro atoms. The molecule has 1 heterocycles. The SMILES string of the molecule is CCNS(=O)(=O)N1CCOCC1.O=C(CCc1ccccc1)NO. The van der Waals surface area contributed by atoms with E-state index in [2.05, 4.69) is 4.72 Å². The Kier molecular flexibility index (Phi) is 9.50. The quantitative estimate of drug-likeness (QED) is 0.500. The molecule has 0 aliphatic carbocycles. The van der Waals surface area contributed by atoms with Gasteiger partial charge < -0.3 is 4.74 Å². The third-order valence-corrected chi connectivity index (χ3v) is 4.94. The summed E-state index contributed by atoms with van der Waals surface area (Å²) in [6, 6.07) is 9.67. The Morgan fingerprint density at radius 3 is 2.42 bits per heavy atom. The number of morpholine rings is 1. The number of carbonyl (C=O) groups excluding carboxylic acids is 1. The molecule has 136 valence electrons. The molecule has 0 unspecified atom stereocenters. The van der Waals surface area contributed by atoms with Crippen LogP contribution in [0, 0.1) is 0 Å². The van der Waals surface area contributed by atoms with Crippen molar-refractivity contribution in [2.45, 2.75) is 19.8 Å². The molecule has 0 aromatic heterocycles. The smallest absolute Gasteiger partial charge is 0.279 e. The van der Waals surface area contributed by atoms with Crippen molar-refractivity contribution in [1.29, 1.82) is 0 Å². The van der Waals surface area contributed by atoms with Crippen LogP contribution in [0.15, 0.2) is 30.3 Å². The fourth-order valence-electron chi connectivity index (χ4n) is 2.02. The van der Waals surface area contributed by atoms with Gasteiger partial charge in [0, 0.05) is 26.1 Å². The third kappa shape index (κ3) is 7.84. The van der Waals surface area contributed by atoms with Crippen LogP contribution in [0.5, 0.6) is 0 Å². The molecule has 1 aliphatic heterocycles. The molecule has 3 N–H and O–H groups in total. The summed E-state index contributed by atoms with van der Waals surface area (Å²) in [6.45, 7) is 4.08. The van der Waals surface area contributed by atoms with Gasteiger partial charge >= 0.3 is 0 Å². The Morgan fingerprint density at radius 1 is 1.25 bits per heavy atom. The molecule has 1 fully saturated rings. The van der Waals surface area contributed by atoms with Crippen molar-refractivity contribution in [3.63, 3.8) is 0 Å². The Morgan fingerprint density at radius 2 is 1.88 bits per heavy atom. The van der Waals surface area contributed by atoms with Crippen LogP contribution in [0.1, 0.15) is 18.9 Å². The highest BCUT2D eigenvalue weighted by atomic mass is 32.2. The van der Waals surface area contributed by atoms with E-state index in [-0.39, 0.29) is 5.91 Å². The zero-order valence-corrected chi connectivity index (χ0v) is 14.6. The van der Waals surface area contributed by atoms with Crippen molar-refractivity contribution in [2.75, 3.05) is 32.8 Å². The minimum absolute atomic E-state index is 0.320. The standard InChI is InChI=1S/C9H11NO2.C6H14N2O3S/c11-9(10-12)7-6-8-4-2-1-3-5-8;1-2-7-12(9,10)8-3-5-11-6-4-8/h1-5,12H,6-7H2,(H,10,11);7H,2-6H2,1H3. The summed E-state index contributed by atoms with van der Waals surface area (Å²) in [6.07, 6.45) is 0.980. The van der Waals surface area contributed by atoms with Crippen molar-refractivity contribution in [3.05, 3.63) is 35.9 Å². The van der Waals surface area contributed by atoms with Gasteiger partial charge in [-0.05, 0) is 12.0 Å². The normalized spacial score (nSPS) is 15.2. The van der Waals surface area contributed by atoms with Crippen molar-refractivity contribution in [1.82, 2.24) is 14.5 Å². The van der Waals surface area contributed by atoms with Crippen LogP contribution in [-0.4, -0.2) is 56.7 Å². The third-order valence-electron chi connectivity index (χ3n) is 3.24. The number of hydroxylamine groups is 1. The van der Waals surface area contributed by atoms with E-state index < -0.39 is 10.2 Å². The number of ether oxygens (including phenoxy) is 1. The number of hydrogen-bond acceptors (Lipinski definition) is 5. The molecule has 9 heteroatoms. The van der Waals surface area contributed by atoms with Crippen molar-refractivity contribution in [2.24, 2.45) is 0 Å². The van der Waals surface area contributed by atoms with Crippen LogP contribution in [0.2, 0.25) is 0 Å². The molecule has 1 aromatic rings. The maximum absolute atomic E-state index is 11.3. The number of hydrogen-bond donors (Lipinski definition) is 3. The number of nitrogens with zero attached hydrogens (tertiary/aromatic N) is 1. The van der Waals surface area contributed by atoms with E-state index in [9.17, 15) is 13.2 Å². The van der Waals surface area contributed by atoms with Crippen LogP contribution >= 0.6 is 0 Å². The molecule has 0 radical (unpaired) electrons. The van der Waals surface area contributed by atoms with Gasteiger partial charge in [-0.1, -0.05) is 37.3 Å². The van der Waals surface area contributed by atoms with Gasteiger partial charge in [-0.3, -0.25) is 10.0 Å².